The maximum absolute atomic E-state index is 12.7. The number of ether oxygens (including phenoxy) is 1. The third kappa shape index (κ3) is 7.41. The van der Waals surface area contributed by atoms with Gasteiger partial charge in [0.05, 0.1) is 22.6 Å². The minimum atomic E-state index is -0.116. The summed E-state index contributed by atoms with van der Waals surface area (Å²) in [5, 5.41) is 6.28. The molecular weight excluding hydrogens is 508 g/mol. The molecule has 0 atom stereocenters. The van der Waals surface area contributed by atoms with E-state index in [0.29, 0.717) is 17.4 Å². The van der Waals surface area contributed by atoms with E-state index in [-0.39, 0.29) is 5.91 Å². The van der Waals surface area contributed by atoms with Crippen molar-refractivity contribution in [1.82, 2.24) is 25.1 Å². The Balaban J connectivity index is 1.15. The van der Waals surface area contributed by atoms with E-state index in [1.165, 1.54) is 16.9 Å². The van der Waals surface area contributed by atoms with Crippen molar-refractivity contribution in [2.45, 2.75) is 13.0 Å². The molecule has 8 nitrogen and oxygen atoms in total. The summed E-state index contributed by atoms with van der Waals surface area (Å²) in [6.45, 7) is 6.10. The van der Waals surface area contributed by atoms with Crippen molar-refractivity contribution >= 4 is 28.9 Å². The van der Waals surface area contributed by atoms with Gasteiger partial charge in [0, 0.05) is 51.2 Å². The van der Waals surface area contributed by atoms with Crippen LogP contribution in [0.3, 0.4) is 0 Å². The average Bonchev–Trinajstić information content (AvgIpc) is 3.47. The van der Waals surface area contributed by atoms with Crippen LogP contribution in [0.1, 0.15) is 20.8 Å². The number of nitrogens with zero attached hydrogens (tertiary/aromatic N) is 4. The number of amides is 1. The van der Waals surface area contributed by atoms with Crippen LogP contribution < -0.4 is 15.4 Å². The van der Waals surface area contributed by atoms with Crippen molar-refractivity contribution in [3.63, 3.8) is 0 Å². The maximum Gasteiger partial charge on any atom is 0.261 e. The molecule has 1 saturated heterocycles. The van der Waals surface area contributed by atoms with Crippen molar-refractivity contribution in [2.24, 2.45) is 0 Å². The number of carbonyl (C=O) groups is 1. The van der Waals surface area contributed by atoms with Gasteiger partial charge < -0.3 is 25.2 Å². The molecule has 2 aromatic heterocycles. The fraction of sp³-hybridized carbons (Fsp3) is 0.300. The summed E-state index contributed by atoms with van der Waals surface area (Å²) >= 11 is 1.41. The molecular formula is C30H34N6O2S. The van der Waals surface area contributed by atoms with Gasteiger partial charge >= 0.3 is 0 Å². The van der Waals surface area contributed by atoms with Crippen LogP contribution in [0.2, 0.25) is 0 Å². The Bertz CT molecular complexity index is 1380. The predicted octanol–water partition coefficient (Wildman–Crippen LogP) is 4.68. The Labute approximate surface area is 233 Å². The summed E-state index contributed by atoms with van der Waals surface area (Å²) in [5.41, 5.74) is 4.02. The van der Waals surface area contributed by atoms with E-state index in [0.717, 1.165) is 66.7 Å². The van der Waals surface area contributed by atoms with Crippen LogP contribution in [0.5, 0.6) is 5.75 Å². The fourth-order valence-electron chi connectivity index (χ4n) is 4.45. The highest BCUT2D eigenvalue weighted by molar-refractivity contribution is 7.17. The van der Waals surface area contributed by atoms with Crippen molar-refractivity contribution < 1.29 is 9.53 Å². The van der Waals surface area contributed by atoms with E-state index in [1.54, 1.807) is 13.3 Å². The van der Waals surface area contributed by atoms with Crippen LogP contribution in [0.15, 0.2) is 72.9 Å². The molecule has 1 aliphatic heterocycles. The summed E-state index contributed by atoms with van der Waals surface area (Å²) in [7, 11) is 3.82. The molecule has 39 heavy (non-hydrogen) atoms. The molecule has 0 radical (unpaired) electrons. The van der Waals surface area contributed by atoms with Gasteiger partial charge in [0.25, 0.3) is 5.91 Å². The Kier molecular flexibility index (Phi) is 8.82. The number of rotatable bonds is 10. The van der Waals surface area contributed by atoms with Crippen molar-refractivity contribution in [3.05, 3.63) is 88.9 Å². The lowest BCUT2D eigenvalue weighted by Gasteiger charge is -2.32. The number of carbonyl (C=O) groups excluding carboxylic acids is 1. The Morgan fingerprint density at radius 2 is 1.82 bits per heavy atom. The first-order valence-corrected chi connectivity index (χ1v) is 14.0. The number of anilines is 2. The molecule has 202 valence electrons. The van der Waals surface area contributed by atoms with Gasteiger partial charge in [-0.05, 0) is 67.1 Å². The third-order valence-corrected chi connectivity index (χ3v) is 7.95. The topological polar surface area (TPSA) is 82.6 Å². The van der Waals surface area contributed by atoms with Gasteiger partial charge in [0.15, 0.2) is 0 Å². The highest BCUT2D eigenvalue weighted by atomic mass is 32.1. The van der Waals surface area contributed by atoms with Gasteiger partial charge in [0.1, 0.15) is 5.75 Å². The quantitative estimate of drug-likeness (QED) is 0.301. The van der Waals surface area contributed by atoms with Crippen LogP contribution in [0.4, 0.5) is 11.6 Å². The second kappa shape index (κ2) is 12.8. The SMILES string of the molecule is COc1cccc(CNC(=O)c2ccc(-c3ccnc(Nc4ccc(CCN5CCN(C)CC5)cc4)n3)s2)c1. The van der Waals surface area contributed by atoms with E-state index in [4.69, 9.17) is 4.74 Å². The molecule has 5 rings (SSSR count). The molecule has 4 aromatic rings. The number of piperazine rings is 1. The second-order valence-corrected chi connectivity index (χ2v) is 10.8. The number of benzene rings is 2. The van der Waals surface area contributed by atoms with Gasteiger partial charge in [-0.3, -0.25) is 4.79 Å². The molecule has 2 N–H and O–H groups in total. The van der Waals surface area contributed by atoms with E-state index in [2.05, 4.69) is 61.7 Å². The molecule has 3 heterocycles. The molecule has 0 saturated carbocycles. The van der Waals surface area contributed by atoms with Gasteiger partial charge in [-0.15, -0.1) is 11.3 Å². The number of thiophene rings is 1. The molecule has 9 heteroatoms. The maximum atomic E-state index is 12.7. The summed E-state index contributed by atoms with van der Waals surface area (Å²) in [4.78, 5) is 28.2. The van der Waals surface area contributed by atoms with Crippen LogP contribution in [-0.4, -0.2) is 72.6 Å². The lowest BCUT2D eigenvalue weighted by molar-refractivity contribution is 0.0955. The number of hydrogen-bond acceptors (Lipinski definition) is 8. The minimum absolute atomic E-state index is 0.116. The normalized spacial score (nSPS) is 14.2. The van der Waals surface area contributed by atoms with Gasteiger partial charge in [0.2, 0.25) is 5.95 Å². The van der Waals surface area contributed by atoms with Crippen LogP contribution in [0, 0.1) is 0 Å². The number of methoxy groups -OCH3 is 1. The smallest absolute Gasteiger partial charge is 0.261 e. The zero-order chi connectivity index (χ0) is 27.0. The summed E-state index contributed by atoms with van der Waals surface area (Å²) < 4.78 is 5.25. The molecule has 0 bridgehead atoms. The van der Waals surface area contributed by atoms with Crippen LogP contribution in [0.25, 0.3) is 10.6 Å². The van der Waals surface area contributed by atoms with E-state index in [1.807, 2.05) is 42.5 Å². The van der Waals surface area contributed by atoms with Gasteiger partial charge in [-0.25, -0.2) is 9.97 Å². The average molecular weight is 543 g/mol. The van der Waals surface area contributed by atoms with Crippen LogP contribution in [-0.2, 0) is 13.0 Å². The number of likely N-dealkylation sites (N-methyl/N-ethyl adjacent to an activating group) is 1. The predicted molar refractivity (Wildman–Crippen MR) is 157 cm³/mol. The fourth-order valence-corrected chi connectivity index (χ4v) is 5.34. The first kappa shape index (κ1) is 26.8. The lowest BCUT2D eigenvalue weighted by atomic mass is 10.1. The zero-order valence-corrected chi connectivity index (χ0v) is 23.2. The molecule has 1 fully saturated rings. The Morgan fingerprint density at radius 3 is 2.62 bits per heavy atom. The van der Waals surface area contributed by atoms with E-state index < -0.39 is 0 Å². The first-order valence-electron chi connectivity index (χ1n) is 13.2. The molecule has 1 aliphatic rings. The second-order valence-electron chi connectivity index (χ2n) is 9.68. The molecule has 0 aliphatic carbocycles. The molecule has 2 aromatic carbocycles. The highest BCUT2D eigenvalue weighted by Gasteiger charge is 2.14. The molecule has 1 amide bonds. The number of aromatic nitrogens is 2. The number of nitrogens with one attached hydrogen (secondary N) is 2. The van der Waals surface area contributed by atoms with Gasteiger partial charge in [-0.2, -0.15) is 0 Å². The Morgan fingerprint density at radius 1 is 1.00 bits per heavy atom. The monoisotopic (exact) mass is 542 g/mol. The van der Waals surface area contributed by atoms with E-state index >= 15 is 0 Å². The molecule has 0 spiro atoms. The minimum Gasteiger partial charge on any atom is -0.497 e. The molecule has 0 unspecified atom stereocenters. The third-order valence-electron chi connectivity index (χ3n) is 6.85. The largest absolute Gasteiger partial charge is 0.497 e. The summed E-state index contributed by atoms with van der Waals surface area (Å²) in [6.07, 6.45) is 2.78. The highest BCUT2D eigenvalue weighted by Crippen LogP contribution is 2.28. The summed E-state index contributed by atoms with van der Waals surface area (Å²) in [6, 6.07) is 21.8. The van der Waals surface area contributed by atoms with Crippen molar-refractivity contribution in [2.75, 3.05) is 52.2 Å². The first-order chi connectivity index (χ1) is 19.1. The van der Waals surface area contributed by atoms with E-state index in [9.17, 15) is 4.79 Å². The number of hydrogen-bond donors (Lipinski definition) is 2. The van der Waals surface area contributed by atoms with Crippen molar-refractivity contribution in [1.29, 1.82) is 0 Å². The zero-order valence-electron chi connectivity index (χ0n) is 22.4. The van der Waals surface area contributed by atoms with Crippen LogP contribution >= 0.6 is 11.3 Å². The Hall–Kier alpha value is -3.79. The van der Waals surface area contributed by atoms with Gasteiger partial charge in [-0.1, -0.05) is 24.3 Å². The standard InChI is InChI=1S/C30H34N6O2S/c1-35-16-18-36(19-17-35)15-13-22-6-8-24(9-7-22)33-30-31-14-12-26(34-30)27-10-11-28(39-27)29(37)32-21-23-4-3-5-25(20-23)38-2/h3-12,14,20H,13,15-19,21H2,1-2H3,(H,32,37)(H,31,33,34). The summed E-state index contributed by atoms with van der Waals surface area (Å²) in [5.74, 6) is 1.18. The lowest BCUT2D eigenvalue weighted by Crippen LogP contribution is -2.45. The van der Waals surface area contributed by atoms with Crippen molar-refractivity contribution in [3.8, 4) is 16.3 Å².